The normalized spacial score (nSPS) is 40.0. The SMILES string of the molecule is C1CCN2C[C@H](c3noc(C4CC4C4CC4)n3)OCC2C1. The van der Waals surface area contributed by atoms with E-state index in [1.54, 1.807) is 0 Å². The summed E-state index contributed by atoms with van der Waals surface area (Å²) in [5.41, 5.74) is 0. The average Bonchev–Trinajstić information content (AvgIpc) is 3.44. The van der Waals surface area contributed by atoms with Crippen LogP contribution in [0.25, 0.3) is 0 Å². The smallest absolute Gasteiger partial charge is 0.230 e. The molecule has 2 aliphatic heterocycles. The van der Waals surface area contributed by atoms with Crippen molar-refractivity contribution in [2.75, 3.05) is 19.7 Å². The Balaban J connectivity index is 1.26. The molecule has 2 saturated carbocycles. The van der Waals surface area contributed by atoms with Gasteiger partial charge < -0.3 is 9.26 Å². The van der Waals surface area contributed by atoms with Crippen LogP contribution >= 0.6 is 0 Å². The third kappa shape index (κ3) is 2.30. The van der Waals surface area contributed by atoms with Crippen molar-refractivity contribution in [3.8, 4) is 0 Å². The molecule has 4 fully saturated rings. The number of hydrogen-bond donors (Lipinski definition) is 0. The molecule has 1 aromatic rings. The summed E-state index contributed by atoms with van der Waals surface area (Å²) in [4.78, 5) is 7.22. The third-order valence-electron chi connectivity index (χ3n) is 5.77. The van der Waals surface area contributed by atoms with Gasteiger partial charge in [0.05, 0.1) is 6.61 Å². The first kappa shape index (κ1) is 12.6. The Morgan fingerprint density at radius 1 is 1.14 bits per heavy atom. The molecule has 21 heavy (non-hydrogen) atoms. The maximum absolute atomic E-state index is 6.01. The fourth-order valence-electron chi connectivity index (χ4n) is 4.21. The number of fused-ring (bicyclic) bond motifs is 1. The van der Waals surface area contributed by atoms with Crippen LogP contribution in [-0.4, -0.2) is 40.8 Å². The third-order valence-corrected chi connectivity index (χ3v) is 5.77. The first-order valence-corrected chi connectivity index (χ1v) is 8.57. The van der Waals surface area contributed by atoms with Crippen molar-refractivity contribution in [2.45, 2.75) is 56.6 Å². The molecule has 0 spiro atoms. The van der Waals surface area contributed by atoms with Gasteiger partial charge in [-0.05, 0) is 50.5 Å². The molecule has 2 saturated heterocycles. The van der Waals surface area contributed by atoms with E-state index in [-0.39, 0.29) is 6.10 Å². The number of rotatable bonds is 3. The fraction of sp³-hybridized carbons (Fsp3) is 0.875. The van der Waals surface area contributed by atoms with E-state index < -0.39 is 0 Å². The lowest BCUT2D eigenvalue weighted by Crippen LogP contribution is -2.49. The fourth-order valence-corrected chi connectivity index (χ4v) is 4.21. The van der Waals surface area contributed by atoms with Crippen molar-refractivity contribution in [3.63, 3.8) is 0 Å². The molecule has 0 N–H and O–H groups in total. The maximum Gasteiger partial charge on any atom is 0.230 e. The van der Waals surface area contributed by atoms with Gasteiger partial charge in [-0.2, -0.15) is 4.98 Å². The minimum Gasteiger partial charge on any atom is -0.367 e. The molecule has 0 radical (unpaired) electrons. The van der Waals surface area contributed by atoms with E-state index in [1.807, 2.05) is 0 Å². The highest BCUT2D eigenvalue weighted by Crippen LogP contribution is 2.58. The standard InChI is InChI=1S/C16H23N3O2/c1-2-6-19-8-14(20-9-11(19)3-1)15-17-16(21-18-15)13-7-12(13)10-4-5-10/h10-14H,1-9H2/t11?,12?,13?,14-/m1/s1. The summed E-state index contributed by atoms with van der Waals surface area (Å²) in [6, 6.07) is 0.615. The number of morpholine rings is 1. The lowest BCUT2D eigenvalue weighted by Gasteiger charge is -2.41. The molecule has 0 bridgehead atoms. The summed E-state index contributed by atoms with van der Waals surface area (Å²) >= 11 is 0. The van der Waals surface area contributed by atoms with Crippen LogP contribution in [0, 0.1) is 11.8 Å². The van der Waals surface area contributed by atoms with E-state index in [2.05, 4.69) is 15.0 Å². The van der Waals surface area contributed by atoms with Gasteiger partial charge in [0.15, 0.2) is 0 Å². The first-order chi connectivity index (χ1) is 10.4. The predicted octanol–water partition coefficient (Wildman–Crippen LogP) is 2.51. The number of aromatic nitrogens is 2. The highest BCUT2D eigenvalue weighted by atomic mass is 16.5. The molecular weight excluding hydrogens is 266 g/mol. The number of hydrogen-bond acceptors (Lipinski definition) is 5. The lowest BCUT2D eigenvalue weighted by atomic mass is 10.0. The van der Waals surface area contributed by atoms with Gasteiger partial charge in [-0.3, -0.25) is 4.90 Å². The molecule has 5 nitrogen and oxygen atoms in total. The molecule has 114 valence electrons. The molecule has 2 aliphatic carbocycles. The Bertz CT molecular complexity index is 527. The zero-order valence-corrected chi connectivity index (χ0v) is 12.4. The largest absolute Gasteiger partial charge is 0.367 e. The quantitative estimate of drug-likeness (QED) is 0.855. The van der Waals surface area contributed by atoms with Crippen LogP contribution < -0.4 is 0 Å². The molecule has 4 aliphatic rings. The van der Waals surface area contributed by atoms with E-state index in [0.717, 1.165) is 36.7 Å². The Morgan fingerprint density at radius 3 is 3.00 bits per heavy atom. The van der Waals surface area contributed by atoms with Gasteiger partial charge in [-0.25, -0.2) is 0 Å². The van der Waals surface area contributed by atoms with Gasteiger partial charge in [0.1, 0.15) is 6.10 Å². The van der Waals surface area contributed by atoms with E-state index >= 15 is 0 Å². The average molecular weight is 289 g/mol. The highest BCUT2D eigenvalue weighted by molar-refractivity contribution is 5.12. The van der Waals surface area contributed by atoms with E-state index in [9.17, 15) is 0 Å². The van der Waals surface area contributed by atoms with E-state index in [0.29, 0.717) is 12.0 Å². The van der Waals surface area contributed by atoms with Crippen LogP contribution in [0.1, 0.15) is 62.3 Å². The van der Waals surface area contributed by atoms with Gasteiger partial charge in [-0.15, -0.1) is 0 Å². The molecule has 5 heteroatoms. The van der Waals surface area contributed by atoms with Crippen molar-refractivity contribution < 1.29 is 9.26 Å². The molecular formula is C16H23N3O2. The summed E-state index contributed by atoms with van der Waals surface area (Å²) in [7, 11) is 0. The Kier molecular flexibility index (Phi) is 2.87. The minimum atomic E-state index is 0.00924. The molecule has 0 aromatic carbocycles. The second-order valence-electron chi connectivity index (χ2n) is 7.30. The van der Waals surface area contributed by atoms with Gasteiger partial charge in [0.2, 0.25) is 11.7 Å². The van der Waals surface area contributed by atoms with Crippen molar-refractivity contribution >= 4 is 0 Å². The number of ether oxygens (including phenoxy) is 1. The van der Waals surface area contributed by atoms with Crippen LogP contribution in [0.2, 0.25) is 0 Å². The predicted molar refractivity (Wildman–Crippen MR) is 75.8 cm³/mol. The van der Waals surface area contributed by atoms with Crippen LogP contribution in [0.15, 0.2) is 4.52 Å². The Hall–Kier alpha value is -0.940. The Morgan fingerprint density at radius 2 is 2.10 bits per heavy atom. The van der Waals surface area contributed by atoms with Gasteiger partial charge in [0, 0.05) is 18.5 Å². The topological polar surface area (TPSA) is 51.4 Å². The number of nitrogens with zero attached hydrogens (tertiary/aromatic N) is 3. The summed E-state index contributed by atoms with van der Waals surface area (Å²) in [6.45, 7) is 2.95. The summed E-state index contributed by atoms with van der Waals surface area (Å²) in [5.74, 6) is 3.97. The Labute approximate surface area is 125 Å². The van der Waals surface area contributed by atoms with Crippen LogP contribution in [0.3, 0.4) is 0 Å². The molecule has 3 heterocycles. The second-order valence-corrected chi connectivity index (χ2v) is 7.30. The zero-order valence-electron chi connectivity index (χ0n) is 12.4. The van der Waals surface area contributed by atoms with Crippen molar-refractivity contribution in [1.82, 2.24) is 15.0 Å². The van der Waals surface area contributed by atoms with Crippen molar-refractivity contribution in [2.24, 2.45) is 11.8 Å². The minimum absolute atomic E-state index is 0.00924. The van der Waals surface area contributed by atoms with Crippen molar-refractivity contribution in [1.29, 1.82) is 0 Å². The van der Waals surface area contributed by atoms with Crippen molar-refractivity contribution in [3.05, 3.63) is 11.7 Å². The van der Waals surface area contributed by atoms with Gasteiger partial charge in [0.25, 0.3) is 0 Å². The molecule has 4 atom stereocenters. The molecule has 0 amide bonds. The monoisotopic (exact) mass is 289 g/mol. The molecule has 1 aromatic heterocycles. The van der Waals surface area contributed by atoms with Gasteiger partial charge in [-0.1, -0.05) is 11.6 Å². The van der Waals surface area contributed by atoms with Crippen LogP contribution in [0.5, 0.6) is 0 Å². The first-order valence-electron chi connectivity index (χ1n) is 8.57. The zero-order chi connectivity index (χ0) is 13.8. The van der Waals surface area contributed by atoms with E-state index in [1.165, 1.54) is 45.1 Å². The summed E-state index contributed by atoms with van der Waals surface area (Å²) < 4.78 is 11.5. The van der Waals surface area contributed by atoms with Crippen LogP contribution in [-0.2, 0) is 4.74 Å². The molecule has 5 rings (SSSR count). The van der Waals surface area contributed by atoms with E-state index in [4.69, 9.17) is 9.26 Å². The highest BCUT2D eigenvalue weighted by Gasteiger charge is 2.51. The summed E-state index contributed by atoms with van der Waals surface area (Å²) in [6.07, 6.45) is 8.00. The maximum atomic E-state index is 6.01. The van der Waals surface area contributed by atoms with Crippen LogP contribution in [0.4, 0.5) is 0 Å². The lowest BCUT2D eigenvalue weighted by molar-refractivity contribution is -0.0805. The number of piperidine rings is 1. The molecule has 3 unspecified atom stereocenters. The summed E-state index contributed by atoms with van der Waals surface area (Å²) in [5, 5.41) is 4.22. The second kappa shape index (κ2) is 4.78. The van der Waals surface area contributed by atoms with Gasteiger partial charge >= 0.3 is 0 Å².